The van der Waals surface area contributed by atoms with Crippen LogP contribution in [0.5, 0.6) is 0 Å². The summed E-state index contributed by atoms with van der Waals surface area (Å²) >= 11 is 10.9. The molecule has 3 N–H and O–H groups in total. The van der Waals surface area contributed by atoms with Gasteiger partial charge in [0.15, 0.2) is 5.11 Å². The van der Waals surface area contributed by atoms with E-state index in [-0.39, 0.29) is 23.3 Å². The Kier molecular flexibility index (Phi) is 6.28. The maximum atomic E-state index is 12.0. The van der Waals surface area contributed by atoms with Crippen LogP contribution in [0.15, 0.2) is 48.5 Å². The second-order valence-corrected chi connectivity index (χ2v) is 5.91. The Labute approximate surface area is 150 Å². The average Bonchev–Trinajstić information content (AvgIpc) is 2.49. The molecule has 2 rings (SSSR count). The van der Waals surface area contributed by atoms with Crippen molar-refractivity contribution in [3.63, 3.8) is 0 Å². The van der Waals surface area contributed by atoms with E-state index in [4.69, 9.17) is 23.8 Å². The summed E-state index contributed by atoms with van der Waals surface area (Å²) < 4.78 is 0. The normalized spacial score (nSPS) is 9.92. The molecule has 0 heterocycles. The van der Waals surface area contributed by atoms with Crippen molar-refractivity contribution in [2.45, 2.75) is 13.3 Å². The van der Waals surface area contributed by atoms with Crippen molar-refractivity contribution in [3.8, 4) is 0 Å². The number of amides is 2. The Morgan fingerprint density at radius 3 is 2.29 bits per heavy atom. The van der Waals surface area contributed by atoms with Gasteiger partial charge in [-0.1, -0.05) is 29.8 Å². The first-order chi connectivity index (χ1) is 11.4. The largest absolute Gasteiger partial charge is 0.332 e. The van der Waals surface area contributed by atoms with Gasteiger partial charge in [-0.2, -0.15) is 0 Å². The molecule has 2 aromatic carbocycles. The maximum absolute atomic E-state index is 12.0. The molecule has 0 saturated carbocycles. The van der Waals surface area contributed by atoms with E-state index >= 15 is 0 Å². The van der Waals surface area contributed by atoms with Crippen molar-refractivity contribution >= 4 is 52.1 Å². The third-order valence-electron chi connectivity index (χ3n) is 2.97. The van der Waals surface area contributed by atoms with Crippen molar-refractivity contribution in [3.05, 3.63) is 59.1 Å². The predicted molar refractivity (Wildman–Crippen MR) is 100 cm³/mol. The monoisotopic (exact) mass is 361 g/mol. The van der Waals surface area contributed by atoms with Gasteiger partial charge in [-0.3, -0.25) is 9.59 Å². The highest BCUT2D eigenvalue weighted by Gasteiger charge is 2.07. The lowest BCUT2D eigenvalue weighted by atomic mass is 10.1. The first kappa shape index (κ1) is 17.9. The third-order valence-corrected chi connectivity index (χ3v) is 3.43. The van der Waals surface area contributed by atoms with Crippen LogP contribution < -0.4 is 16.0 Å². The van der Waals surface area contributed by atoms with Gasteiger partial charge in [0, 0.05) is 23.3 Å². The summed E-state index contributed by atoms with van der Waals surface area (Å²) in [6.45, 7) is 1.43. The molecule has 0 aliphatic heterocycles. The molecule has 0 unspecified atom stereocenters. The van der Waals surface area contributed by atoms with E-state index in [1.54, 1.807) is 48.5 Å². The molecular formula is C17H16ClN3O2S. The van der Waals surface area contributed by atoms with Crippen LogP contribution in [0.25, 0.3) is 0 Å². The quantitative estimate of drug-likeness (QED) is 0.730. The molecule has 2 aromatic rings. The molecule has 7 heteroatoms. The van der Waals surface area contributed by atoms with Crippen molar-refractivity contribution < 1.29 is 9.59 Å². The molecule has 124 valence electrons. The highest BCUT2D eigenvalue weighted by molar-refractivity contribution is 7.80. The molecule has 0 aliphatic carbocycles. The molecule has 2 amide bonds. The zero-order valence-electron chi connectivity index (χ0n) is 12.9. The lowest BCUT2D eigenvalue weighted by molar-refractivity contribution is -0.119. The Hall–Kier alpha value is -2.44. The number of hydrogen-bond acceptors (Lipinski definition) is 3. The number of nitrogens with one attached hydrogen (secondary N) is 3. The zero-order chi connectivity index (χ0) is 17.5. The SMILES string of the molecule is CC(=O)Nc1cccc(NC(=S)NC(=O)Cc2ccc(Cl)cc2)c1. The highest BCUT2D eigenvalue weighted by atomic mass is 35.5. The first-order valence-corrected chi connectivity index (χ1v) is 7.94. The van der Waals surface area contributed by atoms with Gasteiger partial charge >= 0.3 is 0 Å². The second-order valence-electron chi connectivity index (χ2n) is 5.07. The smallest absolute Gasteiger partial charge is 0.230 e. The average molecular weight is 362 g/mol. The van der Waals surface area contributed by atoms with E-state index in [1.165, 1.54) is 6.92 Å². The summed E-state index contributed by atoms with van der Waals surface area (Å²) in [6, 6.07) is 14.1. The molecule has 24 heavy (non-hydrogen) atoms. The van der Waals surface area contributed by atoms with Crippen molar-refractivity contribution in [1.82, 2.24) is 5.32 Å². The number of carbonyl (C=O) groups excluding carboxylic acids is 2. The summed E-state index contributed by atoms with van der Waals surface area (Å²) in [5, 5.41) is 9.01. The number of thiocarbonyl (C=S) groups is 1. The van der Waals surface area contributed by atoms with Gasteiger partial charge in [-0.05, 0) is 48.1 Å². The minimum absolute atomic E-state index is 0.161. The standard InChI is InChI=1S/C17H16ClN3O2S/c1-11(22)19-14-3-2-4-15(10-14)20-17(24)21-16(23)9-12-5-7-13(18)8-6-12/h2-8,10H,9H2,1H3,(H,19,22)(H2,20,21,23,24). The van der Waals surface area contributed by atoms with E-state index in [0.717, 1.165) is 5.56 Å². The van der Waals surface area contributed by atoms with Crippen LogP contribution in [0, 0.1) is 0 Å². The number of rotatable bonds is 4. The van der Waals surface area contributed by atoms with Crippen molar-refractivity contribution in [2.24, 2.45) is 0 Å². The summed E-state index contributed by atoms with van der Waals surface area (Å²) in [5.41, 5.74) is 2.15. The van der Waals surface area contributed by atoms with E-state index in [1.807, 2.05) is 0 Å². The van der Waals surface area contributed by atoms with Gasteiger partial charge in [0.2, 0.25) is 11.8 Å². The van der Waals surface area contributed by atoms with Crippen LogP contribution in [0.3, 0.4) is 0 Å². The van der Waals surface area contributed by atoms with Gasteiger partial charge < -0.3 is 16.0 Å². The Morgan fingerprint density at radius 1 is 1.04 bits per heavy atom. The van der Waals surface area contributed by atoms with Gasteiger partial charge in [-0.15, -0.1) is 0 Å². The molecule has 0 aromatic heterocycles. The summed E-state index contributed by atoms with van der Waals surface area (Å²) in [5.74, 6) is -0.390. The number of halogens is 1. The number of hydrogen-bond donors (Lipinski definition) is 3. The van der Waals surface area contributed by atoms with E-state index in [2.05, 4.69) is 16.0 Å². The lowest BCUT2D eigenvalue weighted by Crippen LogP contribution is -2.35. The van der Waals surface area contributed by atoms with Crippen LogP contribution in [0.1, 0.15) is 12.5 Å². The van der Waals surface area contributed by atoms with Crippen LogP contribution in [0.2, 0.25) is 5.02 Å². The van der Waals surface area contributed by atoms with E-state index < -0.39 is 0 Å². The minimum atomic E-state index is -0.229. The molecular weight excluding hydrogens is 346 g/mol. The van der Waals surface area contributed by atoms with Crippen molar-refractivity contribution in [2.75, 3.05) is 10.6 Å². The fourth-order valence-electron chi connectivity index (χ4n) is 2.00. The molecule has 0 radical (unpaired) electrons. The summed E-state index contributed by atoms with van der Waals surface area (Å²) in [4.78, 5) is 23.0. The zero-order valence-corrected chi connectivity index (χ0v) is 14.5. The minimum Gasteiger partial charge on any atom is -0.332 e. The van der Waals surface area contributed by atoms with Gasteiger partial charge in [-0.25, -0.2) is 0 Å². The molecule has 0 saturated heterocycles. The fraction of sp³-hybridized carbons (Fsp3) is 0.118. The van der Waals surface area contributed by atoms with Gasteiger partial charge in [0.05, 0.1) is 6.42 Å². The van der Waals surface area contributed by atoms with Crippen LogP contribution in [0.4, 0.5) is 11.4 Å². The Morgan fingerprint density at radius 2 is 1.67 bits per heavy atom. The molecule has 0 atom stereocenters. The van der Waals surface area contributed by atoms with E-state index in [9.17, 15) is 9.59 Å². The van der Waals surface area contributed by atoms with Crippen LogP contribution in [-0.2, 0) is 16.0 Å². The Bertz CT molecular complexity index is 763. The van der Waals surface area contributed by atoms with Crippen molar-refractivity contribution in [1.29, 1.82) is 0 Å². The number of anilines is 2. The first-order valence-electron chi connectivity index (χ1n) is 7.15. The second kappa shape index (κ2) is 8.42. The summed E-state index contributed by atoms with van der Waals surface area (Å²) in [7, 11) is 0. The predicted octanol–water partition coefficient (Wildman–Crippen LogP) is 3.35. The van der Waals surface area contributed by atoms with E-state index in [0.29, 0.717) is 16.4 Å². The highest BCUT2D eigenvalue weighted by Crippen LogP contribution is 2.15. The van der Waals surface area contributed by atoms with Crippen LogP contribution in [-0.4, -0.2) is 16.9 Å². The van der Waals surface area contributed by atoms with Gasteiger partial charge in [0.25, 0.3) is 0 Å². The number of carbonyl (C=O) groups is 2. The Balaban J connectivity index is 1.89. The number of benzene rings is 2. The fourth-order valence-corrected chi connectivity index (χ4v) is 2.36. The lowest BCUT2D eigenvalue weighted by Gasteiger charge is -2.11. The van der Waals surface area contributed by atoms with Gasteiger partial charge in [0.1, 0.15) is 0 Å². The molecule has 0 aliphatic rings. The topological polar surface area (TPSA) is 70.2 Å². The maximum Gasteiger partial charge on any atom is 0.230 e. The molecule has 0 spiro atoms. The summed E-state index contributed by atoms with van der Waals surface area (Å²) in [6.07, 6.45) is 0.199. The molecule has 0 fully saturated rings. The van der Waals surface area contributed by atoms with Crippen LogP contribution >= 0.6 is 23.8 Å². The third kappa shape index (κ3) is 5.98. The molecule has 5 nitrogen and oxygen atoms in total. The molecule has 0 bridgehead atoms.